The van der Waals surface area contributed by atoms with Crippen LogP contribution in [0.15, 0.2) is 54.9 Å². The van der Waals surface area contributed by atoms with Crippen LogP contribution in [0.3, 0.4) is 0 Å². The van der Waals surface area contributed by atoms with E-state index in [0.29, 0.717) is 37.7 Å². The van der Waals surface area contributed by atoms with Crippen molar-refractivity contribution in [3.05, 3.63) is 66.1 Å². The van der Waals surface area contributed by atoms with Gasteiger partial charge in [0, 0.05) is 61.6 Å². The Balaban J connectivity index is 1.42. The molecule has 1 saturated heterocycles. The molecule has 1 aliphatic heterocycles. The van der Waals surface area contributed by atoms with Gasteiger partial charge in [0.25, 0.3) is 5.91 Å². The van der Waals surface area contributed by atoms with Crippen LogP contribution in [0.1, 0.15) is 16.1 Å². The third-order valence-corrected chi connectivity index (χ3v) is 4.98. The zero-order chi connectivity index (χ0) is 20.9. The molecule has 1 aromatic carbocycles. The average Bonchev–Trinajstić information content (AvgIpc) is 2.79. The number of ether oxygens (including phenoxy) is 1. The van der Waals surface area contributed by atoms with E-state index in [1.54, 1.807) is 31.6 Å². The zero-order valence-electron chi connectivity index (χ0n) is 17.1. The maximum Gasteiger partial charge on any atom is 0.254 e. The number of carbonyl (C=O) groups is 1. The first-order valence-electron chi connectivity index (χ1n) is 9.83. The Morgan fingerprint density at radius 2 is 1.70 bits per heavy atom. The monoisotopic (exact) mass is 404 g/mol. The summed E-state index contributed by atoms with van der Waals surface area (Å²) in [5.74, 6) is 2.24. The summed E-state index contributed by atoms with van der Waals surface area (Å²) < 4.78 is 5.20. The topological polar surface area (TPSA) is 83.5 Å². The maximum absolute atomic E-state index is 12.6. The largest absolute Gasteiger partial charge is 0.497 e. The van der Waals surface area contributed by atoms with Crippen molar-refractivity contribution in [3.8, 4) is 5.75 Å². The maximum atomic E-state index is 12.6. The van der Waals surface area contributed by atoms with Crippen LogP contribution in [0.4, 0.5) is 17.5 Å². The minimum absolute atomic E-state index is 0.0315. The van der Waals surface area contributed by atoms with Crippen molar-refractivity contribution < 1.29 is 9.53 Å². The number of carbonyl (C=O) groups excluding carboxylic acids is 1. The van der Waals surface area contributed by atoms with E-state index < -0.39 is 0 Å². The molecule has 0 saturated carbocycles. The van der Waals surface area contributed by atoms with Crippen molar-refractivity contribution >= 4 is 23.4 Å². The quantitative estimate of drug-likeness (QED) is 0.700. The van der Waals surface area contributed by atoms with E-state index in [0.717, 1.165) is 22.9 Å². The molecule has 8 heteroatoms. The van der Waals surface area contributed by atoms with Crippen LogP contribution in [0, 0.1) is 6.92 Å². The smallest absolute Gasteiger partial charge is 0.254 e. The van der Waals surface area contributed by atoms with E-state index in [2.05, 4.69) is 25.2 Å². The predicted octanol–water partition coefficient (Wildman–Crippen LogP) is 2.89. The molecule has 3 aromatic rings. The van der Waals surface area contributed by atoms with Crippen LogP contribution in [0.25, 0.3) is 0 Å². The van der Waals surface area contributed by atoms with Crippen molar-refractivity contribution in [2.75, 3.05) is 43.5 Å². The summed E-state index contributed by atoms with van der Waals surface area (Å²) >= 11 is 0. The Morgan fingerprint density at radius 3 is 2.37 bits per heavy atom. The zero-order valence-corrected chi connectivity index (χ0v) is 17.1. The minimum Gasteiger partial charge on any atom is -0.497 e. The molecule has 2 aromatic heterocycles. The Morgan fingerprint density at radius 1 is 1.00 bits per heavy atom. The molecule has 0 radical (unpaired) electrons. The fraction of sp³-hybridized carbons (Fsp3) is 0.273. The number of aryl methyl sites for hydroxylation is 1. The first kappa shape index (κ1) is 19.6. The van der Waals surface area contributed by atoms with E-state index in [1.165, 1.54) is 0 Å². The number of anilines is 3. The molecule has 1 fully saturated rings. The molecule has 1 aliphatic rings. The molecule has 1 N–H and O–H groups in total. The second-order valence-electron chi connectivity index (χ2n) is 7.06. The van der Waals surface area contributed by atoms with Gasteiger partial charge in [-0.25, -0.2) is 4.98 Å². The molecule has 0 aliphatic carbocycles. The summed E-state index contributed by atoms with van der Waals surface area (Å²) in [7, 11) is 1.65. The van der Waals surface area contributed by atoms with Crippen LogP contribution in [-0.4, -0.2) is 59.0 Å². The van der Waals surface area contributed by atoms with Crippen LogP contribution >= 0.6 is 0 Å². The minimum atomic E-state index is 0.0315. The van der Waals surface area contributed by atoms with Gasteiger partial charge in [0.15, 0.2) is 0 Å². The van der Waals surface area contributed by atoms with Crippen molar-refractivity contribution in [1.29, 1.82) is 0 Å². The Hall–Kier alpha value is -3.68. The highest BCUT2D eigenvalue weighted by atomic mass is 16.5. The summed E-state index contributed by atoms with van der Waals surface area (Å²) in [6.45, 7) is 4.57. The molecule has 154 valence electrons. The Kier molecular flexibility index (Phi) is 5.74. The third-order valence-electron chi connectivity index (χ3n) is 4.98. The Labute approximate surface area is 175 Å². The number of methoxy groups -OCH3 is 1. The van der Waals surface area contributed by atoms with Crippen molar-refractivity contribution in [2.45, 2.75) is 6.92 Å². The van der Waals surface area contributed by atoms with E-state index in [9.17, 15) is 4.79 Å². The number of aromatic nitrogens is 3. The molecule has 0 bridgehead atoms. The number of pyridine rings is 1. The van der Waals surface area contributed by atoms with Gasteiger partial charge in [0.05, 0.1) is 7.11 Å². The number of hydrogen-bond donors (Lipinski definition) is 1. The summed E-state index contributed by atoms with van der Waals surface area (Å²) in [6.07, 6.45) is 3.28. The van der Waals surface area contributed by atoms with Gasteiger partial charge in [-0.1, -0.05) is 0 Å². The second-order valence-corrected chi connectivity index (χ2v) is 7.06. The number of rotatable bonds is 5. The summed E-state index contributed by atoms with van der Waals surface area (Å²) in [6, 6.07) is 13.1. The first-order valence-corrected chi connectivity index (χ1v) is 9.83. The number of piperazine rings is 1. The van der Waals surface area contributed by atoms with Gasteiger partial charge < -0.3 is 19.9 Å². The van der Waals surface area contributed by atoms with Crippen LogP contribution in [-0.2, 0) is 0 Å². The fourth-order valence-electron chi connectivity index (χ4n) is 3.37. The molecular formula is C22H24N6O2. The number of hydrogen-bond acceptors (Lipinski definition) is 7. The van der Waals surface area contributed by atoms with Crippen LogP contribution < -0.4 is 15.0 Å². The van der Waals surface area contributed by atoms with Gasteiger partial charge >= 0.3 is 0 Å². The SMILES string of the molecule is COc1ccc(Nc2cc(C)nc(N3CCN(C(=O)c4ccncc4)CC3)n2)cc1. The molecule has 3 heterocycles. The lowest BCUT2D eigenvalue weighted by Gasteiger charge is -2.35. The molecule has 8 nitrogen and oxygen atoms in total. The summed E-state index contributed by atoms with van der Waals surface area (Å²) in [5, 5.41) is 3.32. The summed E-state index contributed by atoms with van der Waals surface area (Å²) in [5.41, 5.74) is 2.47. The molecule has 0 spiro atoms. The van der Waals surface area contributed by atoms with Gasteiger partial charge in [0.1, 0.15) is 11.6 Å². The Bertz CT molecular complexity index is 1000. The summed E-state index contributed by atoms with van der Waals surface area (Å²) in [4.78, 5) is 29.9. The molecule has 30 heavy (non-hydrogen) atoms. The highest BCUT2D eigenvalue weighted by molar-refractivity contribution is 5.94. The van der Waals surface area contributed by atoms with Crippen LogP contribution in [0.2, 0.25) is 0 Å². The number of nitrogens with one attached hydrogen (secondary N) is 1. The van der Waals surface area contributed by atoms with Gasteiger partial charge in [0.2, 0.25) is 5.95 Å². The lowest BCUT2D eigenvalue weighted by molar-refractivity contribution is 0.0746. The van der Waals surface area contributed by atoms with Crippen molar-refractivity contribution in [1.82, 2.24) is 19.9 Å². The van der Waals surface area contributed by atoms with E-state index >= 15 is 0 Å². The third kappa shape index (κ3) is 4.48. The lowest BCUT2D eigenvalue weighted by atomic mass is 10.2. The predicted molar refractivity (Wildman–Crippen MR) is 115 cm³/mol. The average molecular weight is 404 g/mol. The fourth-order valence-corrected chi connectivity index (χ4v) is 3.37. The van der Waals surface area contributed by atoms with E-state index in [4.69, 9.17) is 4.74 Å². The molecule has 0 unspecified atom stereocenters. The van der Waals surface area contributed by atoms with Crippen molar-refractivity contribution in [3.63, 3.8) is 0 Å². The molecule has 4 rings (SSSR count). The van der Waals surface area contributed by atoms with Crippen LogP contribution in [0.5, 0.6) is 5.75 Å². The molecule has 1 amide bonds. The lowest BCUT2D eigenvalue weighted by Crippen LogP contribution is -2.49. The number of amides is 1. The van der Waals surface area contributed by atoms with E-state index in [1.807, 2.05) is 42.2 Å². The standard InChI is InChI=1S/C22H24N6O2/c1-16-15-20(25-18-3-5-19(30-2)6-4-18)26-22(24-16)28-13-11-27(12-14-28)21(29)17-7-9-23-10-8-17/h3-10,15H,11-14H2,1-2H3,(H,24,25,26). The van der Waals surface area contributed by atoms with Gasteiger partial charge in [-0.05, 0) is 43.3 Å². The van der Waals surface area contributed by atoms with Gasteiger partial charge in [-0.2, -0.15) is 4.98 Å². The normalized spacial score (nSPS) is 13.8. The van der Waals surface area contributed by atoms with Gasteiger partial charge in [-0.3, -0.25) is 9.78 Å². The second kappa shape index (κ2) is 8.77. The highest BCUT2D eigenvalue weighted by Crippen LogP contribution is 2.22. The molecule has 0 atom stereocenters. The highest BCUT2D eigenvalue weighted by Gasteiger charge is 2.23. The number of benzene rings is 1. The first-order chi connectivity index (χ1) is 14.6. The van der Waals surface area contributed by atoms with Gasteiger partial charge in [-0.15, -0.1) is 0 Å². The van der Waals surface area contributed by atoms with E-state index in [-0.39, 0.29) is 5.91 Å². The van der Waals surface area contributed by atoms with Crippen molar-refractivity contribution in [2.24, 2.45) is 0 Å². The number of nitrogens with zero attached hydrogens (tertiary/aromatic N) is 5. The molecular weight excluding hydrogens is 380 g/mol.